The smallest absolute Gasteiger partial charge is 0.227 e. The van der Waals surface area contributed by atoms with Crippen LogP contribution in [-0.2, 0) is 12.2 Å². The monoisotopic (exact) mass is 311 g/mol. The first-order chi connectivity index (χ1) is 10.2. The van der Waals surface area contributed by atoms with Crippen LogP contribution in [0.15, 0.2) is 4.52 Å². The number of hydrogen-bond acceptors (Lipinski definition) is 5. The van der Waals surface area contributed by atoms with E-state index in [1.54, 1.807) is 0 Å². The van der Waals surface area contributed by atoms with Gasteiger partial charge in [-0.15, -0.1) is 0 Å². The second-order valence-electron chi connectivity index (χ2n) is 6.43. The zero-order valence-corrected chi connectivity index (χ0v) is 14.4. The second-order valence-corrected chi connectivity index (χ2v) is 7.46. The Hall–Kier alpha value is -0.550. The van der Waals surface area contributed by atoms with Gasteiger partial charge in [0.25, 0.3) is 0 Å². The molecule has 2 atom stereocenters. The van der Waals surface area contributed by atoms with Crippen LogP contribution in [0, 0.1) is 11.8 Å². The lowest BCUT2D eigenvalue weighted by molar-refractivity contribution is 0.242. The van der Waals surface area contributed by atoms with Gasteiger partial charge in [0.1, 0.15) is 0 Å². The molecule has 120 valence electrons. The molecule has 1 heterocycles. The second kappa shape index (κ2) is 8.79. The zero-order valence-electron chi connectivity index (χ0n) is 13.6. The lowest BCUT2D eigenvalue weighted by Crippen LogP contribution is -2.39. The molecule has 0 spiro atoms. The van der Waals surface area contributed by atoms with Crippen molar-refractivity contribution in [3.05, 3.63) is 11.7 Å². The molecule has 5 heteroatoms. The molecule has 0 amide bonds. The maximum Gasteiger partial charge on any atom is 0.227 e. The van der Waals surface area contributed by atoms with Gasteiger partial charge in [0, 0.05) is 12.5 Å². The maximum absolute atomic E-state index is 5.45. The Labute approximate surface area is 132 Å². The van der Waals surface area contributed by atoms with Crippen molar-refractivity contribution < 1.29 is 4.52 Å². The van der Waals surface area contributed by atoms with Crippen molar-refractivity contribution in [2.45, 2.75) is 64.7 Å². The van der Waals surface area contributed by atoms with Crippen LogP contribution in [0.3, 0.4) is 0 Å². The first-order valence-electron chi connectivity index (χ1n) is 8.31. The first kappa shape index (κ1) is 16.8. The summed E-state index contributed by atoms with van der Waals surface area (Å²) >= 11 is 1.89. The highest BCUT2D eigenvalue weighted by atomic mass is 32.2. The van der Waals surface area contributed by atoms with E-state index in [0.717, 1.165) is 36.2 Å². The van der Waals surface area contributed by atoms with Crippen molar-refractivity contribution >= 4 is 11.8 Å². The molecule has 1 aromatic heterocycles. The summed E-state index contributed by atoms with van der Waals surface area (Å²) in [5.74, 6) is 5.05. The largest absolute Gasteiger partial charge is 0.339 e. The molecule has 0 saturated heterocycles. The van der Waals surface area contributed by atoms with Crippen molar-refractivity contribution in [3.8, 4) is 0 Å². The van der Waals surface area contributed by atoms with E-state index in [1.807, 2.05) is 11.8 Å². The minimum Gasteiger partial charge on any atom is -0.339 e. The molecule has 1 fully saturated rings. The molecule has 1 aliphatic rings. The normalized spacial score (nSPS) is 22.9. The fourth-order valence-corrected chi connectivity index (χ4v) is 3.91. The molecule has 4 nitrogen and oxygen atoms in total. The minimum atomic E-state index is 0.620. The van der Waals surface area contributed by atoms with Crippen LogP contribution in [0.1, 0.15) is 58.2 Å². The Balaban J connectivity index is 1.83. The van der Waals surface area contributed by atoms with Gasteiger partial charge in [-0.25, -0.2) is 0 Å². The van der Waals surface area contributed by atoms with Crippen LogP contribution in [0.5, 0.6) is 0 Å². The molecule has 1 aromatic rings. The molecule has 21 heavy (non-hydrogen) atoms. The van der Waals surface area contributed by atoms with Crippen molar-refractivity contribution in [2.75, 3.05) is 12.3 Å². The molecule has 2 unspecified atom stereocenters. The average molecular weight is 311 g/mol. The lowest BCUT2D eigenvalue weighted by atomic mass is 9.82. The summed E-state index contributed by atoms with van der Waals surface area (Å²) < 4.78 is 5.45. The number of nitrogens with one attached hydrogen (secondary N) is 1. The Morgan fingerprint density at radius 3 is 2.90 bits per heavy atom. The fraction of sp³-hybridized carbons (Fsp3) is 0.875. The first-order valence-corrected chi connectivity index (χ1v) is 9.47. The molecule has 0 bridgehead atoms. The van der Waals surface area contributed by atoms with Crippen LogP contribution in [-0.4, -0.2) is 28.5 Å². The number of nitrogens with zero attached hydrogens (tertiary/aromatic N) is 2. The third kappa shape index (κ3) is 5.62. The third-order valence-corrected chi connectivity index (χ3v) is 5.37. The number of hydrogen-bond donors (Lipinski definition) is 1. The Morgan fingerprint density at radius 1 is 1.33 bits per heavy atom. The van der Waals surface area contributed by atoms with Crippen LogP contribution in [0.25, 0.3) is 0 Å². The van der Waals surface area contributed by atoms with Gasteiger partial charge < -0.3 is 9.84 Å². The standard InChI is InChI=1S/C16H29N3OS/c1-4-17-14-8-6-5-7-13(14)9-16-18-15(19-20-16)11-21-10-12(2)3/h12-14,17H,4-11H2,1-3H3. The van der Waals surface area contributed by atoms with Crippen molar-refractivity contribution in [1.82, 2.24) is 15.5 Å². The molecule has 1 N–H and O–H groups in total. The highest BCUT2D eigenvalue weighted by Gasteiger charge is 2.26. The van der Waals surface area contributed by atoms with Gasteiger partial charge >= 0.3 is 0 Å². The van der Waals surface area contributed by atoms with E-state index in [9.17, 15) is 0 Å². The topological polar surface area (TPSA) is 51.0 Å². The SMILES string of the molecule is CCNC1CCCCC1Cc1nc(CSCC(C)C)no1. The van der Waals surface area contributed by atoms with Gasteiger partial charge in [-0.1, -0.05) is 38.8 Å². The summed E-state index contributed by atoms with van der Waals surface area (Å²) in [6.45, 7) is 7.70. The van der Waals surface area contributed by atoms with Gasteiger partial charge in [-0.05, 0) is 37.0 Å². The quantitative estimate of drug-likeness (QED) is 0.794. The lowest BCUT2D eigenvalue weighted by Gasteiger charge is -2.31. The van der Waals surface area contributed by atoms with Crippen molar-refractivity contribution in [3.63, 3.8) is 0 Å². The highest BCUT2D eigenvalue weighted by Crippen LogP contribution is 2.27. The van der Waals surface area contributed by atoms with Crippen LogP contribution < -0.4 is 5.32 Å². The van der Waals surface area contributed by atoms with Gasteiger partial charge in [0.05, 0.1) is 5.75 Å². The van der Waals surface area contributed by atoms with E-state index < -0.39 is 0 Å². The number of thioether (sulfide) groups is 1. The van der Waals surface area contributed by atoms with Crippen molar-refractivity contribution in [1.29, 1.82) is 0 Å². The fourth-order valence-electron chi connectivity index (χ4n) is 3.02. The van der Waals surface area contributed by atoms with Gasteiger partial charge in [0.2, 0.25) is 5.89 Å². The molecule has 1 aliphatic carbocycles. The third-order valence-electron chi connectivity index (χ3n) is 4.00. The van der Waals surface area contributed by atoms with Crippen LogP contribution in [0.2, 0.25) is 0 Å². The molecule has 0 radical (unpaired) electrons. The van der Waals surface area contributed by atoms with Crippen molar-refractivity contribution in [2.24, 2.45) is 11.8 Å². The van der Waals surface area contributed by atoms with E-state index in [2.05, 4.69) is 36.2 Å². The van der Waals surface area contributed by atoms with Crippen LogP contribution >= 0.6 is 11.8 Å². The summed E-state index contributed by atoms with van der Waals surface area (Å²) in [7, 11) is 0. The Bertz CT molecular complexity index is 406. The Kier molecular flexibility index (Phi) is 7.04. The molecular weight excluding hydrogens is 282 g/mol. The van der Waals surface area contributed by atoms with E-state index in [1.165, 1.54) is 25.7 Å². The average Bonchev–Trinajstić information content (AvgIpc) is 2.88. The molecule has 1 saturated carbocycles. The summed E-state index contributed by atoms with van der Waals surface area (Å²) in [5.41, 5.74) is 0. The van der Waals surface area contributed by atoms with E-state index in [0.29, 0.717) is 17.9 Å². The zero-order chi connectivity index (χ0) is 15.1. The maximum atomic E-state index is 5.45. The summed E-state index contributed by atoms with van der Waals surface area (Å²) in [4.78, 5) is 4.57. The van der Waals surface area contributed by atoms with E-state index in [4.69, 9.17) is 4.52 Å². The Morgan fingerprint density at radius 2 is 2.14 bits per heavy atom. The predicted molar refractivity (Wildman–Crippen MR) is 88.4 cm³/mol. The number of aromatic nitrogens is 2. The van der Waals surface area contributed by atoms with Gasteiger partial charge in [0.15, 0.2) is 5.82 Å². The summed E-state index contributed by atoms with van der Waals surface area (Å²) in [5, 5.41) is 7.74. The number of rotatable bonds is 8. The minimum absolute atomic E-state index is 0.620. The summed E-state index contributed by atoms with van der Waals surface area (Å²) in [6.07, 6.45) is 6.16. The van der Waals surface area contributed by atoms with E-state index >= 15 is 0 Å². The molecular formula is C16H29N3OS. The van der Waals surface area contributed by atoms with E-state index in [-0.39, 0.29) is 0 Å². The van der Waals surface area contributed by atoms with Gasteiger partial charge in [-0.3, -0.25) is 0 Å². The highest BCUT2D eigenvalue weighted by molar-refractivity contribution is 7.98. The van der Waals surface area contributed by atoms with Gasteiger partial charge in [-0.2, -0.15) is 16.7 Å². The molecule has 2 rings (SSSR count). The summed E-state index contributed by atoms with van der Waals surface area (Å²) in [6, 6.07) is 0.620. The predicted octanol–water partition coefficient (Wildman–Crippen LogP) is 3.67. The molecule has 0 aromatic carbocycles. The van der Waals surface area contributed by atoms with Crippen LogP contribution in [0.4, 0.5) is 0 Å². The molecule has 0 aliphatic heterocycles.